The number of rotatable bonds is 11. The third kappa shape index (κ3) is 14.5. The molecule has 0 spiro atoms. The van der Waals surface area contributed by atoms with Gasteiger partial charge in [0.1, 0.15) is 11.6 Å². The zero-order chi connectivity index (χ0) is 48.4. The van der Waals surface area contributed by atoms with Gasteiger partial charge in [-0.05, 0) is 85.1 Å². The van der Waals surface area contributed by atoms with Gasteiger partial charge in [-0.15, -0.1) is 0 Å². The molecule has 6 rings (SSSR count). The van der Waals surface area contributed by atoms with Crippen LogP contribution < -0.4 is 52.5 Å². The van der Waals surface area contributed by atoms with Crippen molar-refractivity contribution in [2.75, 3.05) is 47.0 Å². The Hall–Kier alpha value is -7.06. The highest BCUT2D eigenvalue weighted by molar-refractivity contribution is 7.89. The quantitative estimate of drug-likeness (QED) is 0.0572. The Balaban J connectivity index is 0.000000231. The Labute approximate surface area is 377 Å². The number of carbonyl (C=O) groups excluding carboxylic acids is 1. The largest absolute Gasteiger partial charge is 0.493 e. The van der Waals surface area contributed by atoms with E-state index in [1.165, 1.54) is 26.4 Å². The van der Waals surface area contributed by atoms with Crippen LogP contribution in [-0.2, 0) is 24.8 Å². The van der Waals surface area contributed by atoms with Crippen molar-refractivity contribution in [1.82, 2.24) is 29.9 Å². The van der Waals surface area contributed by atoms with Crippen molar-refractivity contribution < 1.29 is 39.9 Å². The van der Waals surface area contributed by atoms with Crippen LogP contribution in [0, 0.1) is 30.9 Å². The molecule has 2 aromatic carbocycles. The number of halogens is 3. The third-order valence-electron chi connectivity index (χ3n) is 8.32. The highest BCUT2D eigenvalue weighted by Crippen LogP contribution is 2.29. The monoisotopic (exact) mass is 958 g/mol. The van der Waals surface area contributed by atoms with Crippen LogP contribution in [0.1, 0.15) is 31.9 Å². The van der Waals surface area contributed by atoms with Crippen molar-refractivity contribution in [1.29, 1.82) is 0 Å². The number of ether oxygens (including phenoxy) is 2. The molecule has 26 heteroatoms. The number of pyridine rings is 2. The van der Waals surface area contributed by atoms with Crippen molar-refractivity contribution in [3.63, 3.8) is 0 Å². The number of hydrogen-bond acceptors (Lipinski definition) is 18. The summed E-state index contributed by atoms with van der Waals surface area (Å²) in [6.45, 7) is 8.60. The molecule has 0 bridgehead atoms. The van der Waals surface area contributed by atoms with Gasteiger partial charge in [-0.1, -0.05) is 32.9 Å². The molecule has 0 saturated heterocycles. The summed E-state index contributed by atoms with van der Waals surface area (Å²) in [7, 11) is -4.62. The molecule has 65 heavy (non-hydrogen) atoms. The number of nitrogen functional groups attached to an aromatic ring is 2. The topological polar surface area (TPSA) is 333 Å². The molecule has 0 fully saturated rings. The summed E-state index contributed by atoms with van der Waals surface area (Å²) < 4.78 is 83.2. The second kappa shape index (κ2) is 21.1. The van der Waals surface area contributed by atoms with Gasteiger partial charge in [0.05, 0.1) is 36.4 Å². The Morgan fingerprint density at radius 2 is 1.20 bits per heavy atom. The maximum absolute atomic E-state index is 14.1. The van der Waals surface area contributed by atoms with E-state index in [0.29, 0.717) is 34.0 Å². The summed E-state index contributed by atoms with van der Waals surface area (Å²) in [5.74, 6) is -0.292. The molecule has 4 heterocycles. The summed E-state index contributed by atoms with van der Waals surface area (Å²) in [4.78, 5) is 35.7. The third-order valence-corrected chi connectivity index (χ3v) is 10.6. The Kier molecular flexibility index (Phi) is 16.4. The summed E-state index contributed by atoms with van der Waals surface area (Å²) >= 11 is 5.65. The Bertz CT molecular complexity index is 2930. The Morgan fingerprint density at radius 3 is 1.74 bits per heavy atom. The van der Waals surface area contributed by atoms with Crippen LogP contribution in [0.4, 0.5) is 61.0 Å². The van der Waals surface area contributed by atoms with E-state index in [1.54, 1.807) is 83.1 Å². The fourth-order valence-electron chi connectivity index (χ4n) is 5.00. The minimum absolute atomic E-state index is 0.0274. The molecule has 12 N–H and O–H groups in total. The number of methoxy groups -OCH3 is 2. The molecule has 0 atom stereocenters. The number of nitrogens with zero attached hydrogens (tertiary/aromatic N) is 6. The van der Waals surface area contributed by atoms with E-state index in [4.69, 9.17) is 42.8 Å². The molecular formula is C39H45ClF2N14O7S2. The lowest BCUT2D eigenvalue weighted by atomic mass is 9.96. The van der Waals surface area contributed by atoms with Crippen LogP contribution in [0.25, 0.3) is 0 Å². The number of nitrogens with one attached hydrogen (secondary N) is 4. The van der Waals surface area contributed by atoms with E-state index >= 15 is 0 Å². The lowest BCUT2D eigenvalue weighted by Crippen LogP contribution is -2.28. The van der Waals surface area contributed by atoms with Crippen LogP contribution in [0.2, 0.25) is 5.28 Å². The number of nitrogens with two attached hydrogens (primary N) is 4. The van der Waals surface area contributed by atoms with Crippen LogP contribution in [0.5, 0.6) is 11.5 Å². The maximum Gasteiger partial charge on any atom is 0.238 e. The summed E-state index contributed by atoms with van der Waals surface area (Å²) in [5, 5.41) is 20.9. The van der Waals surface area contributed by atoms with Crippen molar-refractivity contribution >= 4 is 89.8 Å². The standard InChI is InChI=1S/C17H18FN7O3S.C15H17ClFN5O2.C7H10N2O2S/c1-9-3-4-10(7-13(9)29(20,26)27)22-17-21-8-11(18)16(25-17)24-14-6-5-12(28-2)15(19)23-14;1-15(2,3)13(23)21-12-9(24-4)5-6-10(20-12)19-11-8(17)7-18-14(16)22-11;1-5-2-3-6(8)4-7(5)12(9,10)11/h3-8H,1-2H3,(H2,20,26,27)(H4,19,21,22,23,24,25);5-7H,1-4H3,(H2,18,19,20,21,22,23);2-4H,8H2,1H3,(H2,9,10,11). The summed E-state index contributed by atoms with van der Waals surface area (Å²) in [6.07, 6.45) is 1.91. The first-order valence-corrected chi connectivity index (χ1v) is 22.0. The molecule has 6 aromatic rings. The van der Waals surface area contributed by atoms with Crippen LogP contribution in [0.3, 0.4) is 0 Å². The number of amides is 1. The second-order valence-electron chi connectivity index (χ2n) is 14.4. The average molecular weight is 959 g/mol. The molecular weight excluding hydrogens is 914 g/mol. The molecule has 21 nitrogen and oxygen atoms in total. The van der Waals surface area contributed by atoms with Crippen molar-refractivity contribution in [2.24, 2.45) is 15.7 Å². The zero-order valence-corrected chi connectivity index (χ0v) is 38.1. The smallest absolute Gasteiger partial charge is 0.238 e. The molecule has 4 aromatic heterocycles. The molecule has 346 valence electrons. The highest BCUT2D eigenvalue weighted by atomic mass is 35.5. The average Bonchev–Trinajstić information content (AvgIpc) is 3.21. The van der Waals surface area contributed by atoms with E-state index < -0.39 is 37.1 Å². The van der Waals surface area contributed by atoms with Gasteiger partial charge in [-0.3, -0.25) is 4.79 Å². The second-order valence-corrected chi connectivity index (χ2v) is 17.8. The van der Waals surface area contributed by atoms with Crippen molar-refractivity contribution in [3.8, 4) is 11.5 Å². The molecule has 0 unspecified atom stereocenters. The van der Waals surface area contributed by atoms with E-state index in [9.17, 15) is 30.4 Å². The number of sulfonamides is 2. The maximum atomic E-state index is 14.1. The normalized spacial score (nSPS) is 11.2. The van der Waals surface area contributed by atoms with Gasteiger partial charge in [-0.25, -0.2) is 55.8 Å². The number of anilines is 9. The minimum atomic E-state index is -3.90. The lowest BCUT2D eigenvalue weighted by molar-refractivity contribution is -0.123. The van der Waals surface area contributed by atoms with Crippen LogP contribution in [0.15, 0.2) is 82.8 Å². The van der Waals surface area contributed by atoms with Gasteiger partial charge < -0.3 is 42.2 Å². The van der Waals surface area contributed by atoms with Gasteiger partial charge >= 0.3 is 0 Å². The molecule has 0 radical (unpaired) electrons. The predicted molar refractivity (Wildman–Crippen MR) is 242 cm³/mol. The van der Waals surface area contributed by atoms with Gasteiger partial charge in [0, 0.05) is 16.8 Å². The molecule has 0 aliphatic rings. The van der Waals surface area contributed by atoms with Crippen molar-refractivity contribution in [2.45, 2.75) is 44.4 Å². The zero-order valence-electron chi connectivity index (χ0n) is 35.7. The first kappa shape index (κ1) is 50.6. The summed E-state index contributed by atoms with van der Waals surface area (Å²) in [5.41, 5.74) is 12.4. The van der Waals surface area contributed by atoms with Crippen LogP contribution >= 0.6 is 11.6 Å². The fraction of sp³-hybridized carbons (Fsp3) is 0.205. The van der Waals surface area contributed by atoms with Gasteiger partial charge in [-0.2, -0.15) is 9.97 Å². The van der Waals surface area contributed by atoms with E-state index in [-0.39, 0.29) is 61.8 Å². The van der Waals surface area contributed by atoms with Gasteiger partial charge in [0.2, 0.25) is 37.2 Å². The highest BCUT2D eigenvalue weighted by Gasteiger charge is 2.23. The minimum Gasteiger partial charge on any atom is -0.493 e. The van der Waals surface area contributed by atoms with Gasteiger partial charge in [0.15, 0.2) is 46.4 Å². The summed E-state index contributed by atoms with van der Waals surface area (Å²) in [6, 6.07) is 15.4. The first-order chi connectivity index (χ1) is 30.3. The van der Waals surface area contributed by atoms with E-state index in [1.807, 2.05) is 0 Å². The molecule has 0 aliphatic heterocycles. The molecule has 0 aliphatic carbocycles. The number of hydrogen-bond donors (Lipinski definition) is 8. The lowest BCUT2D eigenvalue weighted by Gasteiger charge is -2.19. The molecule has 1 amide bonds. The number of aromatic nitrogens is 6. The van der Waals surface area contributed by atoms with E-state index in [0.717, 1.165) is 12.4 Å². The fourth-order valence-corrected chi connectivity index (χ4v) is 6.76. The number of aryl methyl sites for hydroxylation is 2. The number of carbonyl (C=O) groups is 1. The Morgan fingerprint density at radius 1 is 0.677 bits per heavy atom. The van der Waals surface area contributed by atoms with E-state index in [2.05, 4.69) is 51.2 Å². The SMILES string of the molecule is COc1ccc(Nc2nc(Cl)ncc2F)nc1NC(=O)C(C)(C)C.COc1ccc(Nc2nc(Nc3ccc(C)c(S(N)(=O)=O)c3)ncc2F)nc1N.Cc1ccc(N)cc1S(N)(=O)=O. The van der Waals surface area contributed by atoms with Crippen LogP contribution in [-0.4, -0.2) is 66.9 Å². The van der Waals surface area contributed by atoms with Crippen molar-refractivity contribution in [3.05, 3.63) is 101 Å². The molecule has 0 saturated carbocycles. The van der Waals surface area contributed by atoms with Gasteiger partial charge in [0.25, 0.3) is 0 Å². The first-order valence-electron chi connectivity index (χ1n) is 18.5. The predicted octanol–water partition coefficient (Wildman–Crippen LogP) is 5.67. The number of benzene rings is 2. The number of primary sulfonamides is 2.